The summed E-state index contributed by atoms with van der Waals surface area (Å²) in [7, 11) is 0. The lowest BCUT2D eigenvalue weighted by molar-refractivity contribution is 0.287. The normalized spacial score (nSPS) is 11.8. The van der Waals surface area contributed by atoms with Gasteiger partial charge in [0.25, 0.3) is 0 Å². The molecule has 0 saturated carbocycles. The molecule has 0 bridgehead atoms. The highest BCUT2D eigenvalue weighted by atomic mass is 32.1. The number of rotatable bonds is 10. The number of benzene rings is 1. The number of hydrogen-bond donors (Lipinski definition) is 2. The molecule has 0 aliphatic carbocycles. The molecular formula is C21H32N4O2S. The summed E-state index contributed by atoms with van der Waals surface area (Å²) in [6, 6.07) is 6.18. The first-order valence-electron chi connectivity index (χ1n) is 9.95. The fraction of sp³-hybridized carbons (Fsp3) is 0.524. The molecule has 6 nitrogen and oxygen atoms in total. The molecule has 0 fully saturated rings. The van der Waals surface area contributed by atoms with E-state index in [1.165, 1.54) is 16.8 Å². The van der Waals surface area contributed by atoms with Crippen LogP contribution in [0.5, 0.6) is 11.5 Å². The minimum Gasteiger partial charge on any atom is -0.490 e. The van der Waals surface area contributed by atoms with Gasteiger partial charge < -0.3 is 20.1 Å². The maximum atomic E-state index is 5.69. The van der Waals surface area contributed by atoms with Gasteiger partial charge in [-0.25, -0.2) is 0 Å². The van der Waals surface area contributed by atoms with E-state index in [0.717, 1.165) is 31.0 Å². The average molecular weight is 405 g/mol. The lowest BCUT2D eigenvalue weighted by Crippen LogP contribution is -2.37. The maximum Gasteiger partial charge on any atom is 0.166 e. The van der Waals surface area contributed by atoms with E-state index in [1.807, 2.05) is 36.9 Å². The van der Waals surface area contributed by atoms with Crippen molar-refractivity contribution in [2.45, 2.75) is 53.6 Å². The number of aryl methyl sites for hydroxylation is 1. The Bertz CT molecular complexity index is 776. The SMILES string of the molecule is CCOc1ccc(CCNC(=S)NC(C)c2cnn(CC)c2C)cc1OCC. The van der Waals surface area contributed by atoms with Crippen molar-refractivity contribution in [1.82, 2.24) is 20.4 Å². The van der Waals surface area contributed by atoms with E-state index >= 15 is 0 Å². The molecule has 28 heavy (non-hydrogen) atoms. The zero-order valence-electron chi connectivity index (χ0n) is 17.5. The van der Waals surface area contributed by atoms with Crippen molar-refractivity contribution < 1.29 is 9.47 Å². The number of nitrogens with one attached hydrogen (secondary N) is 2. The fourth-order valence-corrected chi connectivity index (χ4v) is 3.38. The molecule has 0 aliphatic rings. The Morgan fingerprint density at radius 2 is 1.89 bits per heavy atom. The average Bonchev–Trinajstić information content (AvgIpc) is 3.04. The minimum atomic E-state index is 0.107. The lowest BCUT2D eigenvalue weighted by Gasteiger charge is -2.17. The van der Waals surface area contributed by atoms with Crippen LogP contribution in [0.25, 0.3) is 0 Å². The van der Waals surface area contributed by atoms with Crippen molar-refractivity contribution >= 4 is 17.3 Å². The zero-order valence-corrected chi connectivity index (χ0v) is 18.4. The van der Waals surface area contributed by atoms with Crippen LogP contribution in [0.15, 0.2) is 24.4 Å². The predicted octanol–water partition coefficient (Wildman–Crippen LogP) is 3.78. The van der Waals surface area contributed by atoms with Crippen LogP contribution in [-0.2, 0) is 13.0 Å². The summed E-state index contributed by atoms with van der Waals surface area (Å²) in [5.74, 6) is 1.58. The van der Waals surface area contributed by atoms with Gasteiger partial charge in [0, 0.05) is 24.3 Å². The summed E-state index contributed by atoms with van der Waals surface area (Å²) in [5, 5.41) is 11.7. The van der Waals surface area contributed by atoms with Crippen molar-refractivity contribution in [3.8, 4) is 11.5 Å². The molecule has 0 amide bonds. The van der Waals surface area contributed by atoms with Crippen LogP contribution in [-0.4, -0.2) is 34.7 Å². The molecule has 0 saturated heterocycles. The summed E-state index contributed by atoms with van der Waals surface area (Å²) >= 11 is 5.45. The molecule has 0 radical (unpaired) electrons. The molecule has 1 aromatic carbocycles. The molecule has 1 unspecified atom stereocenters. The topological polar surface area (TPSA) is 60.3 Å². The number of thiocarbonyl (C=S) groups is 1. The van der Waals surface area contributed by atoms with Crippen molar-refractivity contribution in [2.75, 3.05) is 19.8 Å². The summed E-state index contributed by atoms with van der Waals surface area (Å²) in [4.78, 5) is 0. The first-order valence-corrected chi connectivity index (χ1v) is 10.4. The largest absolute Gasteiger partial charge is 0.490 e. The minimum absolute atomic E-state index is 0.107. The van der Waals surface area contributed by atoms with Gasteiger partial charge in [-0.2, -0.15) is 5.10 Å². The maximum absolute atomic E-state index is 5.69. The highest BCUT2D eigenvalue weighted by molar-refractivity contribution is 7.80. The third-order valence-corrected chi connectivity index (χ3v) is 4.82. The Balaban J connectivity index is 1.86. The third-order valence-electron chi connectivity index (χ3n) is 4.56. The number of nitrogens with zero attached hydrogens (tertiary/aromatic N) is 2. The molecular weight excluding hydrogens is 372 g/mol. The van der Waals surface area contributed by atoms with E-state index < -0.39 is 0 Å². The van der Waals surface area contributed by atoms with Gasteiger partial charge in [-0.1, -0.05) is 6.07 Å². The first-order chi connectivity index (χ1) is 13.5. The fourth-order valence-electron chi connectivity index (χ4n) is 3.10. The molecule has 2 aromatic rings. The van der Waals surface area contributed by atoms with E-state index in [1.54, 1.807) is 0 Å². The van der Waals surface area contributed by atoms with Gasteiger partial charge in [-0.15, -0.1) is 0 Å². The second-order valence-corrected chi connectivity index (χ2v) is 6.93. The van der Waals surface area contributed by atoms with Gasteiger partial charge in [0.2, 0.25) is 0 Å². The number of hydrogen-bond acceptors (Lipinski definition) is 4. The Labute approximate surface area is 173 Å². The molecule has 1 atom stereocenters. The van der Waals surface area contributed by atoms with Gasteiger partial charge in [-0.05, 0) is 71.0 Å². The van der Waals surface area contributed by atoms with Crippen LogP contribution in [0, 0.1) is 6.92 Å². The number of ether oxygens (including phenoxy) is 2. The summed E-state index contributed by atoms with van der Waals surface area (Å²) in [5.41, 5.74) is 3.51. The molecule has 2 N–H and O–H groups in total. The summed E-state index contributed by atoms with van der Waals surface area (Å²) < 4.78 is 13.3. The zero-order chi connectivity index (χ0) is 20.5. The van der Waals surface area contributed by atoms with Crippen LogP contribution < -0.4 is 20.1 Å². The van der Waals surface area contributed by atoms with Crippen LogP contribution in [0.3, 0.4) is 0 Å². The molecule has 1 heterocycles. The quantitative estimate of drug-likeness (QED) is 0.588. The molecule has 7 heteroatoms. The van der Waals surface area contributed by atoms with E-state index in [9.17, 15) is 0 Å². The summed E-state index contributed by atoms with van der Waals surface area (Å²) in [6.07, 6.45) is 2.75. The Kier molecular flexibility index (Phi) is 8.57. The molecule has 154 valence electrons. The Morgan fingerprint density at radius 1 is 1.18 bits per heavy atom. The smallest absolute Gasteiger partial charge is 0.166 e. The second-order valence-electron chi connectivity index (χ2n) is 6.52. The molecule has 1 aromatic heterocycles. The number of aromatic nitrogens is 2. The third kappa shape index (κ3) is 5.86. The Morgan fingerprint density at radius 3 is 2.54 bits per heavy atom. The second kappa shape index (κ2) is 10.9. The lowest BCUT2D eigenvalue weighted by atomic mass is 10.1. The predicted molar refractivity (Wildman–Crippen MR) is 117 cm³/mol. The molecule has 2 rings (SSSR count). The van der Waals surface area contributed by atoms with Crippen molar-refractivity contribution in [3.63, 3.8) is 0 Å². The van der Waals surface area contributed by atoms with Crippen molar-refractivity contribution in [1.29, 1.82) is 0 Å². The standard InChI is InChI=1S/C21H32N4O2S/c1-6-25-16(5)18(14-23-25)15(4)24-21(28)22-12-11-17-9-10-19(26-7-2)20(13-17)27-8-3/h9-10,13-15H,6-8,11-12H2,1-5H3,(H2,22,24,28). The van der Waals surface area contributed by atoms with E-state index in [0.29, 0.717) is 18.3 Å². The highest BCUT2D eigenvalue weighted by Gasteiger charge is 2.13. The van der Waals surface area contributed by atoms with Crippen molar-refractivity contribution in [2.24, 2.45) is 0 Å². The van der Waals surface area contributed by atoms with Crippen LogP contribution in [0.2, 0.25) is 0 Å². The van der Waals surface area contributed by atoms with Gasteiger partial charge in [0.15, 0.2) is 16.6 Å². The van der Waals surface area contributed by atoms with Gasteiger partial charge in [0.05, 0.1) is 25.5 Å². The molecule has 0 spiro atoms. The van der Waals surface area contributed by atoms with Crippen LogP contribution >= 0.6 is 12.2 Å². The van der Waals surface area contributed by atoms with Gasteiger partial charge in [0.1, 0.15) is 0 Å². The van der Waals surface area contributed by atoms with E-state index in [4.69, 9.17) is 21.7 Å². The van der Waals surface area contributed by atoms with Gasteiger partial charge in [-0.3, -0.25) is 4.68 Å². The monoisotopic (exact) mass is 404 g/mol. The first kappa shape index (κ1) is 22.0. The van der Waals surface area contributed by atoms with Crippen molar-refractivity contribution in [3.05, 3.63) is 41.2 Å². The van der Waals surface area contributed by atoms with E-state index in [-0.39, 0.29) is 6.04 Å². The van der Waals surface area contributed by atoms with Gasteiger partial charge >= 0.3 is 0 Å². The van der Waals surface area contributed by atoms with Crippen LogP contribution in [0.4, 0.5) is 0 Å². The Hall–Kier alpha value is -2.28. The van der Waals surface area contributed by atoms with E-state index in [2.05, 4.69) is 42.6 Å². The summed E-state index contributed by atoms with van der Waals surface area (Å²) in [6.45, 7) is 13.1. The molecule has 0 aliphatic heterocycles. The van der Waals surface area contributed by atoms with Crippen LogP contribution in [0.1, 0.15) is 50.6 Å². The highest BCUT2D eigenvalue weighted by Crippen LogP contribution is 2.28.